The zero-order chi connectivity index (χ0) is 13.0. The summed E-state index contributed by atoms with van der Waals surface area (Å²) in [6, 6.07) is 8.33. The minimum absolute atomic E-state index is 0.148. The molecule has 1 aromatic carbocycles. The van der Waals surface area contributed by atoms with Gasteiger partial charge in [0.15, 0.2) is 0 Å². The van der Waals surface area contributed by atoms with Crippen molar-refractivity contribution in [3.63, 3.8) is 0 Å². The van der Waals surface area contributed by atoms with Gasteiger partial charge in [0.1, 0.15) is 5.82 Å². The van der Waals surface area contributed by atoms with Gasteiger partial charge in [-0.2, -0.15) is 0 Å². The highest BCUT2D eigenvalue weighted by atomic mass is 16.3. The van der Waals surface area contributed by atoms with Crippen LogP contribution < -0.4 is 5.32 Å². The average molecular weight is 247 g/mol. The topological polar surface area (TPSA) is 50.1 Å². The van der Waals surface area contributed by atoms with Crippen molar-refractivity contribution in [1.82, 2.24) is 14.9 Å². The molecule has 0 fully saturated rings. The van der Waals surface area contributed by atoms with E-state index in [1.54, 1.807) is 0 Å². The number of aryl methyl sites for hydroxylation is 1. The van der Waals surface area contributed by atoms with Crippen LogP contribution in [-0.2, 0) is 13.1 Å². The fourth-order valence-corrected chi connectivity index (χ4v) is 2.19. The number of para-hydroxylation sites is 2. The molecule has 0 aliphatic heterocycles. The van der Waals surface area contributed by atoms with Crippen LogP contribution in [0.1, 0.15) is 26.1 Å². The van der Waals surface area contributed by atoms with E-state index in [2.05, 4.69) is 34.8 Å². The molecule has 0 aliphatic carbocycles. The predicted octanol–water partition coefficient (Wildman–Crippen LogP) is 1.92. The number of aliphatic hydroxyl groups is 1. The minimum Gasteiger partial charge on any atom is -0.395 e. The van der Waals surface area contributed by atoms with Crippen LogP contribution in [0.2, 0.25) is 0 Å². The molecular formula is C14H21N3O. The largest absolute Gasteiger partial charge is 0.395 e. The maximum Gasteiger partial charge on any atom is 0.123 e. The SMILES string of the molecule is CC[C@H](CO)NCc1nc2ccccc2n1CC. The van der Waals surface area contributed by atoms with Crippen molar-refractivity contribution in [3.8, 4) is 0 Å². The van der Waals surface area contributed by atoms with Gasteiger partial charge in [0.2, 0.25) is 0 Å². The Balaban J connectivity index is 2.22. The molecule has 98 valence electrons. The Kier molecular flexibility index (Phi) is 4.33. The van der Waals surface area contributed by atoms with E-state index >= 15 is 0 Å². The van der Waals surface area contributed by atoms with E-state index < -0.39 is 0 Å². The molecule has 1 aromatic heterocycles. The number of nitrogens with one attached hydrogen (secondary N) is 1. The highest BCUT2D eigenvalue weighted by molar-refractivity contribution is 5.75. The number of rotatable bonds is 6. The minimum atomic E-state index is 0.148. The molecule has 4 nitrogen and oxygen atoms in total. The quantitative estimate of drug-likeness (QED) is 0.820. The Labute approximate surface area is 108 Å². The van der Waals surface area contributed by atoms with Crippen LogP contribution in [0.3, 0.4) is 0 Å². The van der Waals surface area contributed by atoms with Crippen LogP contribution in [-0.4, -0.2) is 27.3 Å². The average Bonchev–Trinajstić information content (AvgIpc) is 2.77. The van der Waals surface area contributed by atoms with Gasteiger partial charge in [-0.25, -0.2) is 4.98 Å². The lowest BCUT2D eigenvalue weighted by Crippen LogP contribution is -2.32. The summed E-state index contributed by atoms with van der Waals surface area (Å²) < 4.78 is 2.21. The summed E-state index contributed by atoms with van der Waals surface area (Å²) in [5.41, 5.74) is 2.21. The second-order valence-corrected chi connectivity index (χ2v) is 4.43. The third kappa shape index (κ3) is 2.54. The number of aliphatic hydroxyl groups excluding tert-OH is 1. The second-order valence-electron chi connectivity index (χ2n) is 4.43. The Morgan fingerprint density at radius 2 is 2.11 bits per heavy atom. The molecule has 0 saturated heterocycles. The number of hydrogen-bond acceptors (Lipinski definition) is 3. The Morgan fingerprint density at radius 1 is 1.33 bits per heavy atom. The van der Waals surface area contributed by atoms with E-state index in [1.165, 1.54) is 5.52 Å². The lowest BCUT2D eigenvalue weighted by atomic mass is 10.2. The second kappa shape index (κ2) is 5.98. The first-order valence-corrected chi connectivity index (χ1v) is 6.58. The third-order valence-electron chi connectivity index (χ3n) is 3.31. The van der Waals surface area contributed by atoms with Crippen molar-refractivity contribution < 1.29 is 5.11 Å². The van der Waals surface area contributed by atoms with Gasteiger partial charge >= 0.3 is 0 Å². The lowest BCUT2D eigenvalue weighted by molar-refractivity contribution is 0.237. The van der Waals surface area contributed by atoms with Gasteiger partial charge in [-0.1, -0.05) is 19.1 Å². The van der Waals surface area contributed by atoms with E-state index in [0.717, 1.165) is 24.3 Å². The van der Waals surface area contributed by atoms with Crippen molar-refractivity contribution in [1.29, 1.82) is 0 Å². The van der Waals surface area contributed by atoms with E-state index in [1.807, 2.05) is 18.2 Å². The number of benzene rings is 1. The molecule has 0 unspecified atom stereocenters. The molecule has 0 spiro atoms. The maximum atomic E-state index is 9.18. The molecular weight excluding hydrogens is 226 g/mol. The normalized spacial score (nSPS) is 13.1. The fourth-order valence-electron chi connectivity index (χ4n) is 2.19. The van der Waals surface area contributed by atoms with Crippen LogP contribution in [0.25, 0.3) is 11.0 Å². The Morgan fingerprint density at radius 3 is 2.78 bits per heavy atom. The summed E-state index contributed by atoms with van der Waals surface area (Å²) in [6.07, 6.45) is 0.919. The summed E-state index contributed by atoms with van der Waals surface area (Å²) in [4.78, 5) is 4.64. The Hall–Kier alpha value is -1.39. The van der Waals surface area contributed by atoms with Crippen molar-refractivity contribution in [2.45, 2.75) is 39.4 Å². The predicted molar refractivity (Wildman–Crippen MR) is 73.4 cm³/mol. The van der Waals surface area contributed by atoms with Gasteiger partial charge in [0.25, 0.3) is 0 Å². The summed E-state index contributed by atoms with van der Waals surface area (Å²) >= 11 is 0. The molecule has 0 radical (unpaired) electrons. The molecule has 0 saturated carbocycles. The van der Waals surface area contributed by atoms with Crippen molar-refractivity contribution in [2.75, 3.05) is 6.61 Å². The van der Waals surface area contributed by atoms with Gasteiger partial charge in [0, 0.05) is 12.6 Å². The van der Waals surface area contributed by atoms with Crippen molar-refractivity contribution in [3.05, 3.63) is 30.1 Å². The number of hydrogen-bond donors (Lipinski definition) is 2. The molecule has 0 amide bonds. The van der Waals surface area contributed by atoms with Gasteiger partial charge < -0.3 is 15.0 Å². The molecule has 1 heterocycles. The standard InChI is InChI=1S/C14H21N3O/c1-3-11(10-18)15-9-14-16-12-7-5-6-8-13(12)17(14)4-2/h5-8,11,15,18H,3-4,9-10H2,1-2H3/t11-/m1/s1. The van der Waals surface area contributed by atoms with Gasteiger partial charge in [-0.15, -0.1) is 0 Å². The van der Waals surface area contributed by atoms with E-state index in [-0.39, 0.29) is 12.6 Å². The highest BCUT2D eigenvalue weighted by Gasteiger charge is 2.10. The van der Waals surface area contributed by atoms with Crippen LogP contribution >= 0.6 is 0 Å². The zero-order valence-corrected chi connectivity index (χ0v) is 11.1. The molecule has 2 rings (SSSR count). The molecule has 18 heavy (non-hydrogen) atoms. The van der Waals surface area contributed by atoms with Crippen molar-refractivity contribution >= 4 is 11.0 Å². The number of nitrogens with zero attached hydrogens (tertiary/aromatic N) is 2. The molecule has 1 atom stereocenters. The summed E-state index contributed by atoms with van der Waals surface area (Å²) in [5.74, 6) is 1.03. The third-order valence-corrected chi connectivity index (χ3v) is 3.31. The first-order chi connectivity index (χ1) is 8.80. The Bertz CT molecular complexity index is 503. The first kappa shape index (κ1) is 13.1. The van der Waals surface area contributed by atoms with Gasteiger partial charge in [-0.05, 0) is 25.5 Å². The molecule has 2 N–H and O–H groups in total. The smallest absolute Gasteiger partial charge is 0.123 e. The maximum absolute atomic E-state index is 9.18. The van der Waals surface area contributed by atoms with E-state index in [4.69, 9.17) is 0 Å². The molecule has 4 heteroatoms. The van der Waals surface area contributed by atoms with E-state index in [0.29, 0.717) is 6.54 Å². The number of fused-ring (bicyclic) bond motifs is 1. The zero-order valence-electron chi connectivity index (χ0n) is 11.1. The molecule has 0 bridgehead atoms. The monoisotopic (exact) mass is 247 g/mol. The van der Waals surface area contributed by atoms with Crippen LogP contribution in [0, 0.1) is 0 Å². The van der Waals surface area contributed by atoms with Crippen LogP contribution in [0.15, 0.2) is 24.3 Å². The van der Waals surface area contributed by atoms with Crippen LogP contribution in [0.5, 0.6) is 0 Å². The fraction of sp³-hybridized carbons (Fsp3) is 0.500. The lowest BCUT2D eigenvalue weighted by Gasteiger charge is -2.14. The molecule has 2 aromatic rings. The number of aromatic nitrogens is 2. The first-order valence-electron chi connectivity index (χ1n) is 6.58. The van der Waals surface area contributed by atoms with Gasteiger partial charge in [0.05, 0.1) is 24.2 Å². The molecule has 0 aliphatic rings. The van der Waals surface area contributed by atoms with Crippen LogP contribution in [0.4, 0.5) is 0 Å². The van der Waals surface area contributed by atoms with Gasteiger partial charge in [-0.3, -0.25) is 0 Å². The highest BCUT2D eigenvalue weighted by Crippen LogP contribution is 2.15. The summed E-state index contributed by atoms with van der Waals surface area (Å²) in [7, 11) is 0. The summed E-state index contributed by atoms with van der Waals surface area (Å²) in [6.45, 7) is 5.97. The van der Waals surface area contributed by atoms with Crippen molar-refractivity contribution in [2.24, 2.45) is 0 Å². The number of imidazole rings is 1. The summed E-state index contributed by atoms with van der Waals surface area (Å²) in [5, 5.41) is 12.5. The van der Waals surface area contributed by atoms with E-state index in [9.17, 15) is 5.11 Å².